The number of anilines is 1. The van der Waals surface area contributed by atoms with Gasteiger partial charge in [0, 0.05) is 36.1 Å². The Morgan fingerprint density at radius 1 is 0.976 bits per heavy atom. The van der Waals surface area contributed by atoms with Crippen molar-refractivity contribution in [2.45, 2.75) is 39.3 Å². The number of carbonyl (C=O) groups excluding carboxylic acids is 2. The second-order valence-corrected chi connectivity index (χ2v) is 10.1. The van der Waals surface area contributed by atoms with Gasteiger partial charge in [0.15, 0.2) is 5.11 Å². The summed E-state index contributed by atoms with van der Waals surface area (Å²) in [6.07, 6.45) is 2.86. The van der Waals surface area contributed by atoms with Crippen LogP contribution in [0.4, 0.5) is 5.69 Å². The minimum atomic E-state index is -0.724. The summed E-state index contributed by atoms with van der Waals surface area (Å²) in [4.78, 5) is 30.0. The molecule has 0 spiro atoms. The lowest BCUT2D eigenvalue weighted by molar-refractivity contribution is -0.130. The number of thiocarbonyl (C=S) groups is 1. The molecule has 4 aromatic rings. The van der Waals surface area contributed by atoms with Crippen molar-refractivity contribution in [1.82, 2.24) is 19.6 Å². The third-order valence-electron chi connectivity index (χ3n) is 6.91. The molecule has 8 nitrogen and oxygen atoms in total. The number of likely N-dealkylation sites (N-methyl/N-ethyl adjacent to an activating group) is 1. The normalized spacial score (nSPS) is 14.9. The van der Waals surface area contributed by atoms with Crippen molar-refractivity contribution in [3.63, 3.8) is 0 Å². The highest BCUT2D eigenvalue weighted by Crippen LogP contribution is 2.29. The van der Waals surface area contributed by atoms with Crippen molar-refractivity contribution in [3.05, 3.63) is 96.7 Å². The van der Waals surface area contributed by atoms with Crippen molar-refractivity contribution in [2.24, 2.45) is 0 Å². The maximum Gasteiger partial charge on any atom is 0.252 e. The summed E-state index contributed by atoms with van der Waals surface area (Å²) in [7, 11) is 0. The average Bonchev–Trinajstić information content (AvgIpc) is 3.52. The van der Waals surface area contributed by atoms with Gasteiger partial charge < -0.3 is 15.0 Å². The number of hydrogen-bond donors (Lipinski definition) is 1. The van der Waals surface area contributed by atoms with Gasteiger partial charge >= 0.3 is 0 Å². The number of benzene rings is 3. The smallest absolute Gasteiger partial charge is 0.252 e. The summed E-state index contributed by atoms with van der Waals surface area (Å²) in [6.45, 7) is 5.33. The Kier molecular flexibility index (Phi) is 8.74. The molecule has 3 aromatic carbocycles. The van der Waals surface area contributed by atoms with Gasteiger partial charge in [-0.1, -0.05) is 55.5 Å². The minimum Gasteiger partial charge on any atom is -0.494 e. The van der Waals surface area contributed by atoms with Gasteiger partial charge in [-0.15, -0.1) is 0 Å². The van der Waals surface area contributed by atoms with Crippen molar-refractivity contribution < 1.29 is 14.3 Å². The number of rotatable bonds is 11. The van der Waals surface area contributed by atoms with Crippen LogP contribution in [-0.2, 0) is 16.1 Å². The highest BCUT2D eigenvalue weighted by Gasteiger charge is 2.43. The quantitative estimate of drug-likeness (QED) is 0.235. The maximum absolute atomic E-state index is 13.4. The predicted octanol–water partition coefficient (Wildman–Crippen LogP) is 5.67. The highest BCUT2D eigenvalue weighted by atomic mass is 32.1. The Labute approximate surface area is 245 Å². The Balaban J connectivity index is 1.39. The molecule has 41 heavy (non-hydrogen) atoms. The van der Waals surface area contributed by atoms with Gasteiger partial charge in [-0.25, -0.2) is 4.68 Å². The molecule has 1 saturated heterocycles. The minimum absolute atomic E-state index is 0.0307. The molecular weight excluding hydrogens is 534 g/mol. The fraction of sp³-hybridized carbons (Fsp3) is 0.250. The van der Waals surface area contributed by atoms with E-state index in [1.807, 2.05) is 102 Å². The molecule has 1 aliphatic rings. The van der Waals surface area contributed by atoms with Crippen LogP contribution in [0.3, 0.4) is 0 Å². The van der Waals surface area contributed by atoms with E-state index in [0.29, 0.717) is 30.5 Å². The van der Waals surface area contributed by atoms with Crippen molar-refractivity contribution >= 4 is 34.8 Å². The van der Waals surface area contributed by atoms with E-state index >= 15 is 0 Å². The molecule has 5 rings (SSSR count). The van der Waals surface area contributed by atoms with Crippen LogP contribution in [0.25, 0.3) is 16.9 Å². The number of carbonyl (C=O) groups is 2. The summed E-state index contributed by atoms with van der Waals surface area (Å²) in [5.41, 5.74) is 4.23. The van der Waals surface area contributed by atoms with E-state index in [9.17, 15) is 9.59 Å². The molecule has 0 unspecified atom stereocenters. The van der Waals surface area contributed by atoms with Crippen LogP contribution in [0.15, 0.2) is 91.1 Å². The van der Waals surface area contributed by atoms with Crippen molar-refractivity contribution in [2.75, 3.05) is 18.5 Å². The molecule has 0 bridgehead atoms. The topological polar surface area (TPSA) is 79.7 Å². The van der Waals surface area contributed by atoms with Crippen LogP contribution in [-0.4, -0.2) is 55.7 Å². The fourth-order valence-corrected chi connectivity index (χ4v) is 5.28. The largest absolute Gasteiger partial charge is 0.494 e. The lowest BCUT2D eigenvalue weighted by Gasteiger charge is -2.23. The van der Waals surface area contributed by atoms with Crippen molar-refractivity contribution in [3.8, 4) is 22.7 Å². The van der Waals surface area contributed by atoms with Gasteiger partial charge in [0.2, 0.25) is 5.91 Å². The molecule has 0 saturated carbocycles. The molecular formula is C32H33N5O3S. The van der Waals surface area contributed by atoms with Gasteiger partial charge in [0.1, 0.15) is 11.8 Å². The van der Waals surface area contributed by atoms with Gasteiger partial charge in [-0.2, -0.15) is 5.10 Å². The Bertz CT molecular complexity index is 1510. The van der Waals surface area contributed by atoms with Crippen LogP contribution in [0.5, 0.6) is 5.75 Å². The molecule has 1 aromatic heterocycles. The van der Waals surface area contributed by atoms with Gasteiger partial charge in [-0.3, -0.25) is 14.5 Å². The summed E-state index contributed by atoms with van der Waals surface area (Å²) in [5.74, 6) is 0.309. The zero-order valence-electron chi connectivity index (χ0n) is 23.2. The number of ether oxygens (including phenoxy) is 1. The van der Waals surface area contributed by atoms with E-state index in [1.54, 1.807) is 17.0 Å². The number of nitrogens with zero attached hydrogens (tertiary/aromatic N) is 4. The monoisotopic (exact) mass is 567 g/mol. The summed E-state index contributed by atoms with van der Waals surface area (Å²) in [6, 6.07) is 26.3. The number of aromatic nitrogens is 2. The Morgan fingerprint density at radius 2 is 1.66 bits per heavy atom. The van der Waals surface area contributed by atoms with E-state index < -0.39 is 6.04 Å². The summed E-state index contributed by atoms with van der Waals surface area (Å²) >= 11 is 5.76. The molecule has 9 heteroatoms. The molecule has 1 fully saturated rings. The first-order valence-corrected chi connectivity index (χ1v) is 14.2. The average molecular weight is 568 g/mol. The third kappa shape index (κ3) is 6.30. The number of amides is 2. The molecule has 1 atom stereocenters. The molecule has 0 aliphatic carbocycles. The van der Waals surface area contributed by atoms with Gasteiger partial charge in [-0.05, 0) is 62.0 Å². The van der Waals surface area contributed by atoms with Crippen LogP contribution in [0.1, 0.15) is 32.3 Å². The first-order chi connectivity index (χ1) is 20.0. The first-order valence-electron chi connectivity index (χ1n) is 13.8. The Hall–Kier alpha value is -4.50. The SMILES string of the molecule is CCCOc1ccc(NC(=O)C[C@@H]2C(=O)N(CC)C(=S)N2Cc2cn(-c3ccccc3)nc2-c2ccccc2)cc1. The molecule has 1 aliphatic heterocycles. The van der Waals surface area contributed by atoms with Crippen LogP contribution in [0.2, 0.25) is 0 Å². The van der Waals surface area contributed by atoms with E-state index in [0.717, 1.165) is 34.7 Å². The lowest BCUT2D eigenvalue weighted by Crippen LogP contribution is -2.37. The van der Waals surface area contributed by atoms with Crippen molar-refractivity contribution in [1.29, 1.82) is 0 Å². The predicted molar refractivity (Wildman–Crippen MR) is 164 cm³/mol. The third-order valence-corrected chi connectivity index (χ3v) is 7.36. The van der Waals surface area contributed by atoms with Crippen LogP contribution >= 0.6 is 12.2 Å². The molecule has 2 heterocycles. The van der Waals surface area contributed by atoms with Crippen LogP contribution in [0, 0.1) is 0 Å². The Morgan fingerprint density at radius 3 is 2.32 bits per heavy atom. The second-order valence-electron chi connectivity index (χ2n) is 9.78. The number of nitrogens with one attached hydrogen (secondary N) is 1. The standard InChI is InChI=1S/C32H33N5O3S/c1-3-19-40-27-17-15-25(16-18-27)33-29(38)20-28-31(39)35(4-2)32(41)36(28)21-24-22-37(26-13-9-6-10-14-26)34-30(24)23-11-7-5-8-12-23/h5-18,22,28H,3-4,19-21H2,1-2H3,(H,33,38)/t28-/m1/s1. The molecule has 210 valence electrons. The van der Waals surface area contributed by atoms with E-state index in [1.165, 1.54) is 0 Å². The number of para-hydroxylation sites is 1. The molecule has 0 radical (unpaired) electrons. The zero-order chi connectivity index (χ0) is 28.8. The van der Waals surface area contributed by atoms with Gasteiger partial charge in [0.25, 0.3) is 5.91 Å². The fourth-order valence-electron chi connectivity index (χ4n) is 4.87. The first kappa shape index (κ1) is 28.0. The summed E-state index contributed by atoms with van der Waals surface area (Å²) < 4.78 is 7.46. The second kappa shape index (κ2) is 12.8. The van der Waals surface area contributed by atoms with Gasteiger partial charge in [0.05, 0.1) is 24.4 Å². The van der Waals surface area contributed by atoms with Crippen LogP contribution < -0.4 is 10.1 Å². The highest BCUT2D eigenvalue weighted by molar-refractivity contribution is 7.80. The zero-order valence-corrected chi connectivity index (χ0v) is 24.0. The summed E-state index contributed by atoms with van der Waals surface area (Å²) in [5, 5.41) is 8.23. The lowest BCUT2D eigenvalue weighted by atomic mass is 10.1. The van der Waals surface area contributed by atoms with E-state index in [2.05, 4.69) is 5.32 Å². The van der Waals surface area contributed by atoms with E-state index in [-0.39, 0.29) is 18.2 Å². The number of hydrogen-bond acceptors (Lipinski definition) is 5. The maximum atomic E-state index is 13.4. The molecule has 1 N–H and O–H groups in total. The molecule has 2 amide bonds. The van der Waals surface area contributed by atoms with E-state index in [4.69, 9.17) is 22.1 Å².